The van der Waals surface area contributed by atoms with Crippen LogP contribution in [0.1, 0.15) is 28.5 Å². The molecule has 0 aromatic carbocycles. The van der Waals surface area contributed by atoms with Gasteiger partial charge in [-0.2, -0.15) is 16.4 Å². The van der Waals surface area contributed by atoms with Crippen LogP contribution in [0.3, 0.4) is 0 Å². The Morgan fingerprint density at radius 1 is 1.58 bits per heavy atom. The first-order chi connectivity index (χ1) is 9.34. The third-order valence-corrected chi connectivity index (χ3v) is 4.01. The Balaban J connectivity index is 1.53. The number of carbonyl (C=O) groups is 1. The number of nitrogens with zero attached hydrogens (tertiary/aromatic N) is 2. The fraction of sp³-hybridized carbons (Fsp3) is 0.385. The molecule has 0 fully saturated rings. The number of nitrogens with one attached hydrogen (secondary N) is 2. The van der Waals surface area contributed by atoms with Crippen LogP contribution in [0.5, 0.6) is 0 Å². The molecule has 2 aromatic rings. The Bertz CT molecular complexity index is 549. The van der Waals surface area contributed by atoms with Crippen LogP contribution >= 0.6 is 11.3 Å². The van der Waals surface area contributed by atoms with Crippen LogP contribution in [0, 0.1) is 0 Å². The van der Waals surface area contributed by atoms with Gasteiger partial charge in [0.15, 0.2) is 0 Å². The van der Waals surface area contributed by atoms with Crippen molar-refractivity contribution in [1.29, 1.82) is 0 Å². The molecule has 1 aliphatic rings. The van der Waals surface area contributed by atoms with Crippen molar-refractivity contribution in [1.82, 2.24) is 20.4 Å². The van der Waals surface area contributed by atoms with E-state index < -0.39 is 0 Å². The average Bonchev–Trinajstić information content (AvgIpc) is 3.10. The van der Waals surface area contributed by atoms with Gasteiger partial charge in [-0.3, -0.25) is 9.48 Å². The zero-order valence-electron chi connectivity index (χ0n) is 10.5. The van der Waals surface area contributed by atoms with Crippen LogP contribution < -0.4 is 10.6 Å². The SMILES string of the molecule is O=C(NCCC1CNCc2ccnn21)c1ccsc1. The van der Waals surface area contributed by atoms with Crippen LogP contribution in [0.2, 0.25) is 0 Å². The number of aromatic nitrogens is 2. The molecular weight excluding hydrogens is 260 g/mol. The molecule has 0 saturated heterocycles. The van der Waals surface area contributed by atoms with Crippen molar-refractivity contribution in [3.63, 3.8) is 0 Å². The van der Waals surface area contributed by atoms with E-state index in [1.807, 2.05) is 29.1 Å². The van der Waals surface area contributed by atoms with E-state index in [0.717, 1.165) is 25.1 Å². The molecule has 0 bridgehead atoms. The van der Waals surface area contributed by atoms with Crippen LogP contribution in [-0.2, 0) is 6.54 Å². The zero-order valence-corrected chi connectivity index (χ0v) is 11.3. The molecule has 0 saturated carbocycles. The number of fused-ring (bicyclic) bond motifs is 1. The molecule has 3 heterocycles. The molecule has 0 spiro atoms. The summed E-state index contributed by atoms with van der Waals surface area (Å²) in [7, 11) is 0. The summed E-state index contributed by atoms with van der Waals surface area (Å²) >= 11 is 1.54. The molecule has 19 heavy (non-hydrogen) atoms. The summed E-state index contributed by atoms with van der Waals surface area (Å²) in [4.78, 5) is 11.8. The first-order valence-electron chi connectivity index (χ1n) is 6.38. The molecule has 6 heteroatoms. The summed E-state index contributed by atoms with van der Waals surface area (Å²) in [5, 5.41) is 14.5. The van der Waals surface area contributed by atoms with Gasteiger partial charge in [0.2, 0.25) is 0 Å². The van der Waals surface area contributed by atoms with Gasteiger partial charge in [0.1, 0.15) is 0 Å². The van der Waals surface area contributed by atoms with E-state index >= 15 is 0 Å². The first kappa shape index (κ1) is 12.4. The molecular formula is C13H16N4OS. The first-order valence-corrected chi connectivity index (χ1v) is 7.32. The molecule has 0 radical (unpaired) electrons. The Labute approximate surface area is 115 Å². The van der Waals surface area contributed by atoms with E-state index in [0.29, 0.717) is 12.6 Å². The summed E-state index contributed by atoms with van der Waals surface area (Å²) < 4.78 is 2.06. The highest BCUT2D eigenvalue weighted by atomic mass is 32.1. The number of thiophene rings is 1. The highest BCUT2D eigenvalue weighted by Crippen LogP contribution is 2.16. The Kier molecular flexibility index (Phi) is 3.61. The Morgan fingerprint density at radius 3 is 3.37 bits per heavy atom. The van der Waals surface area contributed by atoms with E-state index in [-0.39, 0.29) is 5.91 Å². The number of amides is 1. The lowest BCUT2D eigenvalue weighted by Gasteiger charge is -2.25. The molecule has 3 rings (SSSR count). The number of hydrogen-bond donors (Lipinski definition) is 2. The number of hydrogen-bond acceptors (Lipinski definition) is 4. The fourth-order valence-electron chi connectivity index (χ4n) is 2.34. The van der Waals surface area contributed by atoms with Crippen molar-refractivity contribution < 1.29 is 4.79 Å². The van der Waals surface area contributed by atoms with Gasteiger partial charge in [-0.15, -0.1) is 0 Å². The normalized spacial score (nSPS) is 18.0. The van der Waals surface area contributed by atoms with Crippen LogP contribution in [0.25, 0.3) is 0 Å². The molecule has 1 atom stereocenters. The van der Waals surface area contributed by atoms with Gasteiger partial charge in [-0.1, -0.05) is 0 Å². The fourth-order valence-corrected chi connectivity index (χ4v) is 2.97. The molecule has 1 amide bonds. The monoisotopic (exact) mass is 276 g/mol. The lowest BCUT2D eigenvalue weighted by Crippen LogP contribution is -2.36. The molecule has 1 unspecified atom stereocenters. The molecule has 100 valence electrons. The van der Waals surface area contributed by atoms with Crippen LogP contribution in [0.4, 0.5) is 0 Å². The van der Waals surface area contributed by atoms with Gasteiger partial charge in [0, 0.05) is 36.8 Å². The minimum atomic E-state index is 0.00528. The average molecular weight is 276 g/mol. The second kappa shape index (κ2) is 5.54. The van der Waals surface area contributed by atoms with Crippen molar-refractivity contribution in [2.45, 2.75) is 19.0 Å². The summed E-state index contributed by atoms with van der Waals surface area (Å²) in [6.45, 7) is 2.45. The summed E-state index contributed by atoms with van der Waals surface area (Å²) in [6, 6.07) is 4.19. The van der Waals surface area contributed by atoms with E-state index in [2.05, 4.69) is 20.4 Å². The maximum absolute atomic E-state index is 11.8. The van der Waals surface area contributed by atoms with Crippen molar-refractivity contribution >= 4 is 17.2 Å². The van der Waals surface area contributed by atoms with Gasteiger partial charge in [0.05, 0.1) is 11.7 Å². The van der Waals surface area contributed by atoms with Crippen molar-refractivity contribution in [3.05, 3.63) is 40.3 Å². The van der Waals surface area contributed by atoms with E-state index in [1.54, 1.807) is 0 Å². The second-order valence-electron chi connectivity index (χ2n) is 4.61. The van der Waals surface area contributed by atoms with Gasteiger partial charge in [-0.05, 0) is 23.9 Å². The Morgan fingerprint density at radius 2 is 2.53 bits per heavy atom. The van der Waals surface area contributed by atoms with E-state index in [9.17, 15) is 4.79 Å². The lowest BCUT2D eigenvalue weighted by molar-refractivity contribution is 0.0951. The maximum Gasteiger partial charge on any atom is 0.252 e. The van der Waals surface area contributed by atoms with E-state index in [4.69, 9.17) is 0 Å². The third-order valence-electron chi connectivity index (χ3n) is 3.33. The maximum atomic E-state index is 11.8. The third kappa shape index (κ3) is 2.69. The number of carbonyl (C=O) groups excluding carboxylic acids is 1. The summed E-state index contributed by atoms with van der Waals surface area (Å²) in [6.07, 6.45) is 2.72. The van der Waals surface area contributed by atoms with Gasteiger partial charge in [0.25, 0.3) is 5.91 Å². The highest BCUT2D eigenvalue weighted by Gasteiger charge is 2.19. The van der Waals surface area contributed by atoms with Crippen molar-refractivity contribution in [2.24, 2.45) is 0 Å². The topological polar surface area (TPSA) is 59.0 Å². The molecule has 0 aliphatic carbocycles. The quantitative estimate of drug-likeness (QED) is 0.887. The van der Waals surface area contributed by atoms with Crippen molar-refractivity contribution in [3.8, 4) is 0 Å². The predicted molar refractivity (Wildman–Crippen MR) is 74.2 cm³/mol. The zero-order chi connectivity index (χ0) is 13.1. The van der Waals surface area contributed by atoms with Gasteiger partial charge < -0.3 is 10.6 Å². The largest absolute Gasteiger partial charge is 0.352 e. The van der Waals surface area contributed by atoms with Gasteiger partial charge >= 0.3 is 0 Å². The molecule has 5 nitrogen and oxygen atoms in total. The lowest BCUT2D eigenvalue weighted by atomic mass is 10.1. The molecule has 1 aliphatic heterocycles. The van der Waals surface area contributed by atoms with Gasteiger partial charge in [-0.25, -0.2) is 0 Å². The van der Waals surface area contributed by atoms with Crippen LogP contribution in [0.15, 0.2) is 29.1 Å². The predicted octanol–water partition coefficient (Wildman–Crippen LogP) is 1.41. The minimum Gasteiger partial charge on any atom is -0.352 e. The van der Waals surface area contributed by atoms with Crippen molar-refractivity contribution in [2.75, 3.05) is 13.1 Å². The van der Waals surface area contributed by atoms with E-state index in [1.165, 1.54) is 17.0 Å². The minimum absolute atomic E-state index is 0.00528. The molecule has 2 aromatic heterocycles. The Hall–Kier alpha value is -1.66. The molecule has 2 N–H and O–H groups in total. The summed E-state index contributed by atoms with van der Waals surface area (Å²) in [5.74, 6) is 0.00528. The van der Waals surface area contributed by atoms with Crippen LogP contribution in [-0.4, -0.2) is 28.8 Å². The second-order valence-corrected chi connectivity index (χ2v) is 5.39. The standard InChI is InChI=1S/C13H16N4OS/c18-13(10-3-6-19-9-10)15-4-1-11-7-14-8-12-2-5-16-17(11)12/h2-3,5-6,9,11,14H,1,4,7-8H2,(H,15,18). The highest BCUT2D eigenvalue weighted by molar-refractivity contribution is 7.08. The smallest absolute Gasteiger partial charge is 0.252 e. The summed E-state index contributed by atoms with van der Waals surface area (Å²) in [5.41, 5.74) is 1.95. The number of rotatable bonds is 4.